The number of hydrogen-bond donors (Lipinski definition) is 5. The van der Waals surface area contributed by atoms with Crippen molar-refractivity contribution in [2.24, 2.45) is 0 Å². The van der Waals surface area contributed by atoms with E-state index < -0.39 is 12.1 Å². The van der Waals surface area contributed by atoms with Crippen molar-refractivity contribution in [3.63, 3.8) is 0 Å². The van der Waals surface area contributed by atoms with Crippen molar-refractivity contribution in [3.8, 4) is 12.1 Å². The molecule has 0 unspecified atom stereocenters. The van der Waals surface area contributed by atoms with Gasteiger partial charge in [-0.25, -0.2) is 18.6 Å². The van der Waals surface area contributed by atoms with Crippen LogP contribution in [0.15, 0.2) is 82.3 Å². The van der Waals surface area contributed by atoms with Crippen LogP contribution in [0.2, 0.25) is 0 Å². The van der Waals surface area contributed by atoms with Crippen molar-refractivity contribution >= 4 is 83.4 Å². The molecule has 0 atom stereocenters. The predicted molar refractivity (Wildman–Crippen MR) is 254 cm³/mol. The van der Waals surface area contributed by atoms with Gasteiger partial charge in [-0.1, -0.05) is 39.3 Å². The number of nitrogens with zero attached hydrogens (tertiary/aromatic N) is 8. The number of nitriles is 2. The Morgan fingerprint density at radius 2 is 1.22 bits per heavy atom. The maximum Gasteiger partial charge on any atom is 0.411 e. The Hall–Kier alpha value is -6.10. The van der Waals surface area contributed by atoms with E-state index in [9.17, 15) is 25.2 Å². The van der Waals surface area contributed by atoms with E-state index in [4.69, 9.17) is 19.3 Å². The standard InChI is InChI=1S/C22H23BrN6O3.C16H11BrN4O2.C6H13NO2.CH4/c1-15-19(27-22(30)32-11-8-28-6-9-31-10-7-28)14-29-21(15)20(16(12-24)13-25-29)26-18-4-2-17(23)3-5-18;1-9-13(16(22)23)8-21-15(9)14(10(6-18)7-19-21)20-12-4-2-11(17)3-5-12;8-4-1-7-2-5-9-6-3-7;/h2-5,13-14,26H,6-11H2,1H3,(H,27,30);2-5,7-8,20H,1H3,(H,22,23);8H,1-6H2;1H4. The number of carbonyl (C=O) groups is 2. The minimum atomic E-state index is -1.03. The van der Waals surface area contributed by atoms with Gasteiger partial charge in [0.05, 0.1) is 96.4 Å². The summed E-state index contributed by atoms with van der Waals surface area (Å²) in [5.41, 5.74) is 6.87. The molecule has 18 nitrogen and oxygen atoms in total. The second-order valence-corrected chi connectivity index (χ2v) is 16.3. The average molecular weight is 1020 g/mol. The summed E-state index contributed by atoms with van der Waals surface area (Å²) in [5, 5.41) is 54.5. The summed E-state index contributed by atoms with van der Waals surface area (Å²) in [6.07, 6.45) is 5.54. The molecular weight excluding hydrogens is 966 g/mol. The first kappa shape index (κ1) is 49.9. The maximum absolute atomic E-state index is 12.3. The van der Waals surface area contributed by atoms with E-state index in [1.54, 1.807) is 17.6 Å². The van der Waals surface area contributed by atoms with Gasteiger partial charge in [-0.15, -0.1) is 0 Å². The summed E-state index contributed by atoms with van der Waals surface area (Å²) in [4.78, 5) is 28.1. The molecule has 0 saturated carbocycles. The van der Waals surface area contributed by atoms with Gasteiger partial charge >= 0.3 is 12.1 Å². The summed E-state index contributed by atoms with van der Waals surface area (Å²) < 4.78 is 20.8. The fraction of sp³-hybridized carbons (Fsp3) is 0.333. The Labute approximate surface area is 393 Å². The second kappa shape index (κ2) is 24.3. The van der Waals surface area contributed by atoms with Gasteiger partial charge in [-0.2, -0.15) is 20.7 Å². The fourth-order valence-corrected chi connectivity index (χ4v) is 7.43. The number of amides is 1. The molecule has 4 aromatic heterocycles. The molecule has 6 aromatic rings. The molecule has 2 fully saturated rings. The number of β-amino-alcohol motifs (C(OH)–C–C–N with tert-alkyl or cyclic N) is 1. The number of aromatic nitrogens is 4. The van der Waals surface area contributed by atoms with Crippen molar-refractivity contribution in [1.29, 1.82) is 10.5 Å². The van der Waals surface area contributed by atoms with Gasteiger partial charge in [0.1, 0.15) is 18.7 Å². The number of anilines is 5. The molecule has 6 heterocycles. The number of carboxylic acids is 1. The minimum Gasteiger partial charge on any atom is -0.478 e. The van der Waals surface area contributed by atoms with E-state index >= 15 is 0 Å². The number of aryl methyl sites for hydroxylation is 2. The van der Waals surface area contributed by atoms with E-state index in [0.717, 1.165) is 71.8 Å². The molecule has 2 aliphatic rings. The molecule has 2 aliphatic heterocycles. The quantitative estimate of drug-likeness (QED) is 0.0844. The zero-order valence-electron chi connectivity index (χ0n) is 35.2. The van der Waals surface area contributed by atoms with Crippen LogP contribution in [0.3, 0.4) is 0 Å². The first-order valence-corrected chi connectivity index (χ1v) is 21.8. The normalized spacial score (nSPS) is 13.8. The lowest BCUT2D eigenvalue weighted by Gasteiger charge is -2.26. The third kappa shape index (κ3) is 13.2. The van der Waals surface area contributed by atoms with Gasteiger partial charge in [0.15, 0.2) is 0 Å². The number of halogens is 2. The van der Waals surface area contributed by atoms with Gasteiger partial charge in [-0.05, 0) is 67.9 Å². The largest absolute Gasteiger partial charge is 0.478 e. The molecule has 8 rings (SSSR count). The lowest BCUT2D eigenvalue weighted by Crippen LogP contribution is -2.38. The molecule has 1 amide bonds. The van der Waals surface area contributed by atoms with E-state index in [1.165, 1.54) is 23.1 Å². The SMILES string of the molecule is C.Cc1c(C(=O)O)cn2ncc(C#N)c(Nc3ccc(Br)cc3)c12.Cc1c(NC(=O)OCCN2CCOCC2)cn2ncc(C#N)c(Nc3ccc(Br)cc3)c12.OCCN1CCOCC1. The molecule has 2 saturated heterocycles. The molecule has 0 aliphatic carbocycles. The monoisotopic (exact) mass is 1020 g/mol. The van der Waals surface area contributed by atoms with Crippen molar-refractivity contribution < 1.29 is 34.0 Å². The van der Waals surface area contributed by atoms with Crippen molar-refractivity contribution in [1.82, 2.24) is 29.0 Å². The number of morpholine rings is 2. The van der Waals surface area contributed by atoms with E-state index in [0.29, 0.717) is 71.2 Å². The highest BCUT2D eigenvalue weighted by atomic mass is 79.9. The van der Waals surface area contributed by atoms with Gasteiger partial charge in [0.25, 0.3) is 0 Å². The molecule has 2 aromatic carbocycles. The molecule has 342 valence electrons. The Balaban J connectivity index is 0.000000209. The number of ether oxygens (including phenoxy) is 3. The van der Waals surface area contributed by atoms with Crippen LogP contribution in [0.4, 0.5) is 33.2 Å². The van der Waals surface area contributed by atoms with Crippen molar-refractivity contribution in [2.45, 2.75) is 21.3 Å². The maximum atomic E-state index is 12.3. The number of benzene rings is 2. The van der Waals surface area contributed by atoms with Crippen molar-refractivity contribution in [2.75, 3.05) is 94.9 Å². The number of aromatic carboxylic acids is 1. The predicted octanol–water partition coefficient (Wildman–Crippen LogP) is 7.57. The smallest absolute Gasteiger partial charge is 0.411 e. The number of rotatable bonds is 11. The van der Waals surface area contributed by atoms with Crippen LogP contribution >= 0.6 is 31.9 Å². The van der Waals surface area contributed by atoms with E-state index in [-0.39, 0.29) is 19.6 Å². The number of carbonyl (C=O) groups excluding carboxylic acids is 1. The Bertz CT molecular complexity index is 2630. The number of aliphatic hydroxyl groups excluding tert-OH is 1. The van der Waals surface area contributed by atoms with Crippen LogP contribution in [-0.4, -0.2) is 130 Å². The molecule has 0 radical (unpaired) electrons. The molecule has 0 bridgehead atoms. The Morgan fingerprint density at radius 1 is 0.754 bits per heavy atom. The topological polar surface area (TPSA) is 227 Å². The highest BCUT2D eigenvalue weighted by molar-refractivity contribution is 9.10. The number of nitrogens with one attached hydrogen (secondary N) is 3. The van der Waals surface area contributed by atoms with Crippen LogP contribution in [0.5, 0.6) is 0 Å². The zero-order valence-corrected chi connectivity index (χ0v) is 38.4. The molecular formula is C45H51Br2N11O7. The Morgan fingerprint density at radius 3 is 1.68 bits per heavy atom. The van der Waals surface area contributed by atoms with Crippen LogP contribution < -0.4 is 16.0 Å². The number of fused-ring (bicyclic) bond motifs is 2. The van der Waals surface area contributed by atoms with Crippen LogP contribution in [0.25, 0.3) is 11.0 Å². The first-order valence-electron chi connectivity index (χ1n) is 20.2. The summed E-state index contributed by atoms with van der Waals surface area (Å²) in [7, 11) is 0. The van der Waals surface area contributed by atoms with Crippen LogP contribution in [0, 0.1) is 36.5 Å². The zero-order chi connectivity index (χ0) is 45.6. The fourth-order valence-electron chi connectivity index (χ4n) is 6.90. The average Bonchev–Trinajstić information content (AvgIpc) is 3.82. The van der Waals surface area contributed by atoms with Crippen LogP contribution in [0.1, 0.15) is 40.0 Å². The number of aliphatic hydroxyl groups is 1. The highest BCUT2D eigenvalue weighted by Gasteiger charge is 2.20. The molecule has 5 N–H and O–H groups in total. The summed E-state index contributed by atoms with van der Waals surface area (Å²) >= 11 is 6.79. The first-order chi connectivity index (χ1) is 31.0. The Kier molecular flexibility index (Phi) is 18.6. The van der Waals surface area contributed by atoms with Gasteiger partial charge in [-0.3, -0.25) is 15.1 Å². The van der Waals surface area contributed by atoms with Gasteiger partial charge < -0.3 is 35.1 Å². The number of carboxylic acid groups (broad SMARTS) is 1. The lowest BCUT2D eigenvalue weighted by molar-refractivity contribution is 0.0290. The number of hydrogen-bond acceptors (Lipinski definition) is 14. The molecule has 0 spiro atoms. The summed E-state index contributed by atoms with van der Waals surface area (Å²) in [5.74, 6) is -1.03. The van der Waals surface area contributed by atoms with Crippen LogP contribution in [-0.2, 0) is 14.2 Å². The highest BCUT2D eigenvalue weighted by Crippen LogP contribution is 2.33. The van der Waals surface area contributed by atoms with Gasteiger partial charge in [0.2, 0.25) is 0 Å². The van der Waals surface area contributed by atoms with Crippen molar-refractivity contribution in [3.05, 3.63) is 110 Å². The third-order valence-electron chi connectivity index (χ3n) is 10.3. The third-order valence-corrected chi connectivity index (χ3v) is 11.4. The minimum absolute atomic E-state index is 0. The second-order valence-electron chi connectivity index (χ2n) is 14.5. The molecule has 65 heavy (non-hydrogen) atoms. The summed E-state index contributed by atoms with van der Waals surface area (Å²) in [6, 6.07) is 19.4. The van der Waals surface area contributed by atoms with E-state index in [2.05, 4.69) is 79.9 Å². The summed E-state index contributed by atoms with van der Waals surface area (Å²) in [6.45, 7) is 12.3. The lowest BCUT2D eigenvalue weighted by atomic mass is 10.1. The molecule has 20 heteroatoms. The van der Waals surface area contributed by atoms with E-state index in [1.807, 2.05) is 55.5 Å². The van der Waals surface area contributed by atoms with Gasteiger partial charge in [0, 0.05) is 71.3 Å².